The Morgan fingerprint density at radius 3 is 2.95 bits per heavy atom. The van der Waals surface area contributed by atoms with Crippen molar-refractivity contribution >= 4 is 40.2 Å². The molecular weight excluding hydrogens is 314 g/mol. The van der Waals surface area contributed by atoms with Crippen LogP contribution in [0, 0.1) is 5.92 Å². The van der Waals surface area contributed by atoms with E-state index in [1.807, 2.05) is 12.1 Å². The van der Waals surface area contributed by atoms with E-state index in [1.54, 1.807) is 5.38 Å². The first-order valence-electron chi connectivity index (χ1n) is 6.39. The van der Waals surface area contributed by atoms with Gasteiger partial charge in [-0.2, -0.15) is 0 Å². The van der Waals surface area contributed by atoms with E-state index >= 15 is 0 Å². The zero-order valence-electron chi connectivity index (χ0n) is 10.6. The fourth-order valence-corrected chi connectivity index (χ4v) is 3.95. The Kier molecular flexibility index (Phi) is 4.07. The number of carbonyl (C=O) groups is 1. The van der Waals surface area contributed by atoms with Gasteiger partial charge in [-0.3, -0.25) is 4.79 Å². The number of hydrogen-bond acceptors (Lipinski definition) is 5. The molecule has 2 heterocycles. The number of amides is 1. The van der Waals surface area contributed by atoms with Crippen molar-refractivity contribution in [2.45, 2.75) is 18.9 Å². The lowest BCUT2D eigenvalue weighted by atomic mass is 10.2. The van der Waals surface area contributed by atoms with Crippen LogP contribution in [0.5, 0.6) is 0 Å². The van der Waals surface area contributed by atoms with Gasteiger partial charge in [-0.05, 0) is 30.9 Å². The molecule has 0 aliphatic heterocycles. The maximum Gasteiger partial charge on any atom is 0.271 e. The lowest BCUT2D eigenvalue weighted by molar-refractivity contribution is 0.0929. The highest BCUT2D eigenvalue weighted by Crippen LogP contribution is 2.34. The fourth-order valence-electron chi connectivity index (χ4n) is 2.03. The smallest absolute Gasteiger partial charge is 0.271 e. The van der Waals surface area contributed by atoms with Gasteiger partial charge in [0.25, 0.3) is 5.91 Å². The quantitative estimate of drug-likeness (QED) is 0.887. The van der Waals surface area contributed by atoms with Crippen LogP contribution in [0.15, 0.2) is 17.5 Å². The van der Waals surface area contributed by atoms with E-state index in [0.717, 1.165) is 27.1 Å². The molecule has 1 aliphatic carbocycles. The molecule has 1 saturated carbocycles. The molecule has 1 atom stereocenters. The number of aromatic nitrogens is 1. The normalized spacial score (nSPS) is 16.1. The number of thiazole rings is 1. The first-order valence-corrected chi connectivity index (χ1v) is 8.47. The predicted molar refractivity (Wildman–Crippen MR) is 83.5 cm³/mol. The summed E-state index contributed by atoms with van der Waals surface area (Å²) < 4.78 is 0.720. The number of thiophene rings is 1. The molecule has 0 aromatic carbocycles. The number of hydrogen-bond donors (Lipinski definition) is 2. The molecule has 0 spiro atoms. The SMILES string of the molecule is NCC(NC(=O)c1csc(-c2ccc(Cl)s2)n1)C1CC1. The minimum absolute atomic E-state index is 0.0730. The molecule has 0 saturated heterocycles. The Hall–Kier alpha value is -0.950. The highest BCUT2D eigenvalue weighted by atomic mass is 35.5. The Morgan fingerprint density at radius 2 is 2.35 bits per heavy atom. The second kappa shape index (κ2) is 5.81. The maximum absolute atomic E-state index is 12.2. The summed E-state index contributed by atoms with van der Waals surface area (Å²) in [4.78, 5) is 17.5. The van der Waals surface area contributed by atoms with Gasteiger partial charge >= 0.3 is 0 Å². The Labute approximate surface area is 130 Å². The second-order valence-corrected chi connectivity index (χ2v) is 7.37. The number of nitrogens with zero attached hydrogens (tertiary/aromatic N) is 1. The highest BCUT2D eigenvalue weighted by molar-refractivity contribution is 7.23. The molecule has 3 rings (SSSR count). The van der Waals surface area contributed by atoms with Gasteiger partial charge in [0.05, 0.1) is 9.21 Å². The Balaban J connectivity index is 1.71. The second-order valence-electron chi connectivity index (χ2n) is 4.79. The van der Waals surface area contributed by atoms with Gasteiger partial charge in [-0.25, -0.2) is 4.98 Å². The maximum atomic E-state index is 12.2. The van der Waals surface area contributed by atoms with E-state index in [4.69, 9.17) is 17.3 Å². The summed E-state index contributed by atoms with van der Waals surface area (Å²) in [5, 5.41) is 5.57. The van der Waals surface area contributed by atoms with Crippen LogP contribution in [0.1, 0.15) is 23.3 Å². The molecule has 4 nitrogen and oxygen atoms in total. The van der Waals surface area contributed by atoms with Crippen molar-refractivity contribution < 1.29 is 4.79 Å². The van der Waals surface area contributed by atoms with Crippen LogP contribution in [0.3, 0.4) is 0 Å². The number of nitrogens with one attached hydrogen (secondary N) is 1. The van der Waals surface area contributed by atoms with Crippen molar-refractivity contribution in [3.8, 4) is 9.88 Å². The third-order valence-corrected chi connectivity index (χ3v) is 5.52. The zero-order chi connectivity index (χ0) is 14.1. The third-order valence-electron chi connectivity index (χ3n) is 3.28. The van der Waals surface area contributed by atoms with E-state index in [-0.39, 0.29) is 11.9 Å². The third kappa shape index (κ3) is 3.03. The number of nitrogens with two attached hydrogens (primary N) is 1. The van der Waals surface area contributed by atoms with E-state index in [1.165, 1.54) is 22.7 Å². The van der Waals surface area contributed by atoms with Crippen LogP contribution < -0.4 is 11.1 Å². The average molecular weight is 328 g/mol. The summed E-state index contributed by atoms with van der Waals surface area (Å²) in [6.07, 6.45) is 2.30. The minimum atomic E-state index is -0.141. The summed E-state index contributed by atoms with van der Waals surface area (Å²) in [5.41, 5.74) is 6.15. The average Bonchev–Trinajstić information content (AvgIpc) is 2.99. The molecule has 0 bridgehead atoms. The zero-order valence-corrected chi connectivity index (χ0v) is 13.0. The molecule has 1 amide bonds. The summed E-state index contributed by atoms with van der Waals surface area (Å²) >= 11 is 8.82. The Morgan fingerprint density at radius 1 is 1.55 bits per heavy atom. The predicted octanol–water partition coefficient (Wildman–Crippen LogP) is 2.99. The first-order chi connectivity index (χ1) is 9.67. The standard InChI is InChI=1S/C13H14ClN3OS2/c14-11-4-3-10(20-11)13-17-9(6-19-13)12(18)16-8(5-15)7-1-2-7/h3-4,6-8H,1-2,5,15H2,(H,16,18). The van der Waals surface area contributed by atoms with Gasteiger partial charge in [-0.1, -0.05) is 11.6 Å². The molecule has 1 fully saturated rings. The summed E-state index contributed by atoms with van der Waals surface area (Å²) in [6.45, 7) is 0.480. The van der Waals surface area contributed by atoms with E-state index in [2.05, 4.69) is 10.3 Å². The molecule has 1 aliphatic rings. The molecule has 3 N–H and O–H groups in total. The lowest BCUT2D eigenvalue weighted by Crippen LogP contribution is -2.41. The molecule has 1 unspecified atom stereocenters. The fraction of sp³-hybridized carbons (Fsp3) is 0.385. The minimum Gasteiger partial charge on any atom is -0.346 e. The molecule has 0 radical (unpaired) electrons. The van der Waals surface area contributed by atoms with Gasteiger partial charge in [-0.15, -0.1) is 22.7 Å². The van der Waals surface area contributed by atoms with Gasteiger partial charge < -0.3 is 11.1 Å². The summed E-state index contributed by atoms with van der Waals surface area (Å²) in [6, 6.07) is 3.82. The van der Waals surface area contributed by atoms with Crippen LogP contribution in [0.4, 0.5) is 0 Å². The summed E-state index contributed by atoms with van der Waals surface area (Å²) in [5.74, 6) is 0.399. The molecule has 7 heteroatoms. The van der Waals surface area contributed by atoms with Gasteiger partial charge in [0.1, 0.15) is 10.7 Å². The highest BCUT2D eigenvalue weighted by Gasteiger charge is 2.31. The van der Waals surface area contributed by atoms with E-state index in [9.17, 15) is 4.79 Å². The number of carbonyl (C=O) groups excluding carboxylic acids is 1. The van der Waals surface area contributed by atoms with Crippen molar-refractivity contribution in [2.75, 3.05) is 6.54 Å². The van der Waals surface area contributed by atoms with Crippen LogP contribution >= 0.6 is 34.3 Å². The monoisotopic (exact) mass is 327 g/mol. The van der Waals surface area contributed by atoms with E-state index in [0.29, 0.717) is 18.2 Å². The van der Waals surface area contributed by atoms with Crippen molar-refractivity contribution in [3.05, 3.63) is 27.5 Å². The number of halogens is 1. The van der Waals surface area contributed by atoms with Crippen molar-refractivity contribution in [1.29, 1.82) is 0 Å². The molecule has 20 heavy (non-hydrogen) atoms. The molecule has 2 aromatic rings. The lowest BCUT2D eigenvalue weighted by Gasteiger charge is -2.14. The van der Waals surface area contributed by atoms with Crippen molar-refractivity contribution in [2.24, 2.45) is 11.7 Å². The molecular formula is C13H14ClN3OS2. The summed E-state index contributed by atoms with van der Waals surface area (Å²) in [7, 11) is 0. The van der Waals surface area contributed by atoms with Gasteiger partial charge in [0.15, 0.2) is 0 Å². The topological polar surface area (TPSA) is 68.0 Å². The van der Waals surface area contributed by atoms with Gasteiger partial charge in [0, 0.05) is 18.0 Å². The van der Waals surface area contributed by atoms with Crippen LogP contribution in [-0.4, -0.2) is 23.5 Å². The van der Waals surface area contributed by atoms with Gasteiger partial charge in [0.2, 0.25) is 0 Å². The molecule has 2 aromatic heterocycles. The van der Waals surface area contributed by atoms with Crippen LogP contribution in [0.25, 0.3) is 9.88 Å². The van der Waals surface area contributed by atoms with Crippen molar-refractivity contribution in [1.82, 2.24) is 10.3 Å². The number of rotatable bonds is 5. The Bertz CT molecular complexity index is 621. The molecule has 106 valence electrons. The van der Waals surface area contributed by atoms with Crippen molar-refractivity contribution in [3.63, 3.8) is 0 Å². The van der Waals surface area contributed by atoms with E-state index < -0.39 is 0 Å². The largest absolute Gasteiger partial charge is 0.346 e. The van der Waals surface area contributed by atoms with Crippen LogP contribution in [0.2, 0.25) is 4.34 Å². The first kappa shape index (κ1) is 14.0. The van der Waals surface area contributed by atoms with Crippen LogP contribution in [-0.2, 0) is 0 Å².